The highest BCUT2D eigenvalue weighted by molar-refractivity contribution is 5.72. The van der Waals surface area contributed by atoms with E-state index in [1.807, 2.05) is 24.3 Å². The molecule has 22 heavy (non-hydrogen) atoms. The van der Waals surface area contributed by atoms with Crippen LogP contribution in [0.3, 0.4) is 0 Å². The van der Waals surface area contributed by atoms with Crippen LogP contribution in [0.25, 0.3) is 11.1 Å². The molecule has 0 atom stereocenters. The summed E-state index contributed by atoms with van der Waals surface area (Å²) in [5.74, 6) is 3.73. The molecule has 4 heteroatoms. The van der Waals surface area contributed by atoms with E-state index in [0.717, 1.165) is 11.1 Å². The Labute approximate surface area is 129 Å². The lowest BCUT2D eigenvalue weighted by Crippen LogP contribution is -2.01. The second-order valence-corrected chi connectivity index (χ2v) is 4.48. The maximum absolute atomic E-state index is 11.0. The van der Waals surface area contributed by atoms with Crippen molar-refractivity contribution in [1.29, 1.82) is 0 Å². The van der Waals surface area contributed by atoms with Crippen LogP contribution < -0.4 is 14.2 Å². The lowest BCUT2D eigenvalue weighted by atomic mass is 10.0. The summed E-state index contributed by atoms with van der Waals surface area (Å²) < 4.78 is 15.8. The summed E-state index contributed by atoms with van der Waals surface area (Å²) in [6, 6.07) is 12.8. The highest BCUT2D eigenvalue weighted by atomic mass is 16.5. The summed E-state index contributed by atoms with van der Waals surface area (Å²) in [6.07, 6.45) is 5.22. The van der Waals surface area contributed by atoms with Crippen LogP contribution in [0, 0.1) is 12.3 Å². The number of methoxy groups -OCH3 is 1. The van der Waals surface area contributed by atoms with E-state index in [-0.39, 0.29) is 12.6 Å². The summed E-state index contributed by atoms with van der Waals surface area (Å²) in [5, 5.41) is 0. The zero-order valence-corrected chi connectivity index (χ0v) is 12.5. The molecule has 0 aliphatic heterocycles. The molecular formula is C18H16O4. The van der Waals surface area contributed by atoms with Crippen LogP contribution in [0.1, 0.15) is 6.92 Å². The minimum Gasteiger partial charge on any atom is -0.493 e. The molecule has 0 aliphatic rings. The van der Waals surface area contributed by atoms with Crippen LogP contribution in [-0.4, -0.2) is 19.7 Å². The molecule has 0 N–H and O–H groups in total. The third-order valence-corrected chi connectivity index (χ3v) is 2.90. The first-order chi connectivity index (χ1) is 10.6. The molecule has 0 radical (unpaired) electrons. The van der Waals surface area contributed by atoms with Gasteiger partial charge in [0.15, 0.2) is 11.5 Å². The predicted octanol–water partition coefficient (Wildman–Crippen LogP) is 3.30. The van der Waals surface area contributed by atoms with Gasteiger partial charge in [-0.1, -0.05) is 24.1 Å². The van der Waals surface area contributed by atoms with Crippen molar-refractivity contribution in [3.8, 4) is 40.7 Å². The topological polar surface area (TPSA) is 44.8 Å². The van der Waals surface area contributed by atoms with E-state index in [0.29, 0.717) is 17.2 Å². The molecule has 0 unspecified atom stereocenters. The summed E-state index contributed by atoms with van der Waals surface area (Å²) >= 11 is 0. The average Bonchev–Trinajstić information content (AvgIpc) is 2.52. The summed E-state index contributed by atoms with van der Waals surface area (Å²) in [6.45, 7) is 1.53. The summed E-state index contributed by atoms with van der Waals surface area (Å²) in [4.78, 5) is 11.0. The molecule has 0 saturated carbocycles. The number of benzene rings is 2. The molecule has 0 heterocycles. The fourth-order valence-corrected chi connectivity index (χ4v) is 1.99. The second-order valence-electron chi connectivity index (χ2n) is 4.48. The number of carbonyl (C=O) groups is 1. The van der Waals surface area contributed by atoms with Crippen LogP contribution in [-0.2, 0) is 4.79 Å². The van der Waals surface area contributed by atoms with Crippen molar-refractivity contribution >= 4 is 5.97 Å². The minimum atomic E-state index is -0.357. The summed E-state index contributed by atoms with van der Waals surface area (Å²) in [5.41, 5.74) is 1.80. The van der Waals surface area contributed by atoms with E-state index in [1.54, 1.807) is 25.3 Å². The smallest absolute Gasteiger partial charge is 0.308 e. The molecule has 0 spiro atoms. The van der Waals surface area contributed by atoms with E-state index >= 15 is 0 Å². The van der Waals surface area contributed by atoms with Crippen LogP contribution in [0.5, 0.6) is 17.2 Å². The number of hydrogen-bond acceptors (Lipinski definition) is 4. The SMILES string of the molecule is C#CCOc1cc(-c2cccc(OC(C)=O)c2)ccc1OC. The number of rotatable bonds is 5. The van der Waals surface area contributed by atoms with Crippen LogP contribution in [0.2, 0.25) is 0 Å². The van der Waals surface area contributed by atoms with Gasteiger partial charge in [-0.2, -0.15) is 0 Å². The quantitative estimate of drug-likeness (QED) is 0.482. The Hall–Kier alpha value is -2.93. The van der Waals surface area contributed by atoms with E-state index in [9.17, 15) is 4.79 Å². The van der Waals surface area contributed by atoms with Gasteiger partial charge in [0.05, 0.1) is 7.11 Å². The van der Waals surface area contributed by atoms with Crippen molar-refractivity contribution in [2.45, 2.75) is 6.92 Å². The molecule has 4 nitrogen and oxygen atoms in total. The molecule has 2 aromatic carbocycles. The Morgan fingerprint density at radius 2 is 1.91 bits per heavy atom. The monoisotopic (exact) mass is 296 g/mol. The highest BCUT2D eigenvalue weighted by Crippen LogP contribution is 2.33. The predicted molar refractivity (Wildman–Crippen MR) is 84.1 cm³/mol. The standard InChI is InChI=1S/C18H16O4/c1-4-10-21-18-12-15(8-9-17(18)20-3)14-6-5-7-16(11-14)22-13(2)19/h1,5-9,11-12H,10H2,2-3H3. The molecule has 0 aromatic heterocycles. The highest BCUT2D eigenvalue weighted by Gasteiger charge is 2.08. The fraction of sp³-hybridized carbons (Fsp3) is 0.167. The van der Waals surface area contributed by atoms with Crippen LogP contribution >= 0.6 is 0 Å². The molecule has 0 amide bonds. The van der Waals surface area contributed by atoms with Gasteiger partial charge in [-0.3, -0.25) is 4.79 Å². The third-order valence-electron chi connectivity index (χ3n) is 2.90. The molecular weight excluding hydrogens is 280 g/mol. The normalized spacial score (nSPS) is 9.68. The van der Waals surface area contributed by atoms with Crippen LogP contribution in [0.4, 0.5) is 0 Å². The molecule has 0 aliphatic carbocycles. The molecule has 0 saturated heterocycles. The Balaban J connectivity index is 2.36. The van der Waals surface area contributed by atoms with Gasteiger partial charge in [-0.15, -0.1) is 6.42 Å². The Morgan fingerprint density at radius 1 is 1.14 bits per heavy atom. The zero-order valence-electron chi connectivity index (χ0n) is 12.5. The third kappa shape index (κ3) is 3.80. The van der Waals surface area contributed by atoms with E-state index in [1.165, 1.54) is 6.92 Å². The van der Waals surface area contributed by atoms with Gasteiger partial charge >= 0.3 is 5.97 Å². The summed E-state index contributed by atoms with van der Waals surface area (Å²) in [7, 11) is 1.57. The number of terminal acetylenes is 1. The average molecular weight is 296 g/mol. The first-order valence-electron chi connectivity index (χ1n) is 6.67. The maximum Gasteiger partial charge on any atom is 0.308 e. The van der Waals surface area contributed by atoms with Crippen molar-refractivity contribution in [3.63, 3.8) is 0 Å². The van der Waals surface area contributed by atoms with Gasteiger partial charge in [0, 0.05) is 6.92 Å². The van der Waals surface area contributed by atoms with Crippen molar-refractivity contribution in [2.75, 3.05) is 13.7 Å². The first kappa shape index (κ1) is 15.5. The molecule has 2 aromatic rings. The lowest BCUT2D eigenvalue weighted by Gasteiger charge is -2.11. The van der Waals surface area contributed by atoms with Gasteiger partial charge in [-0.25, -0.2) is 0 Å². The molecule has 0 fully saturated rings. The number of carbonyl (C=O) groups excluding carboxylic acids is 1. The van der Waals surface area contributed by atoms with Crippen molar-refractivity contribution in [1.82, 2.24) is 0 Å². The molecule has 0 bridgehead atoms. The van der Waals surface area contributed by atoms with Gasteiger partial charge in [0.2, 0.25) is 0 Å². The zero-order chi connectivity index (χ0) is 15.9. The van der Waals surface area contributed by atoms with Crippen molar-refractivity contribution in [3.05, 3.63) is 42.5 Å². The number of hydrogen-bond donors (Lipinski definition) is 0. The molecule has 2 rings (SSSR count). The number of ether oxygens (including phenoxy) is 3. The number of esters is 1. The Kier molecular flexibility index (Phi) is 5.05. The van der Waals surface area contributed by atoms with Gasteiger partial charge < -0.3 is 14.2 Å². The van der Waals surface area contributed by atoms with E-state index in [2.05, 4.69) is 5.92 Å². The van der Waals surface area contributed by atoms with Crippen molar-refractivity contribution in [2.24, 2.45) is 0 Å². The Morgan fingerprint density at radius 3 is 2.59 bits per heavy atom. The Bertz CT molecular complexity index is 713. The molecule has 112 valence electrons. The minimum absolute atomic E-state index is 0.160. The second kappa shape index (κ2) is 7.19. The first-order valence-corrected chi connectivity index (χ1v) is 6.67. The van der Waals surface area contributed by atoms with E-state index < -0.39 is 0 Å². The largest absolute Gasteiger partial charge is 0.493 e. The van der Waals surface area contributed by atoms with Crippen molar-refractivity contribution < 1.29 is 19.0 Å². The van der Waals surface area contributed by atoms with Gasteiger partial charge in [0.25, 0.3) is 0 Å². The van der Waals surface area contributed by atoms with E-state index in [4.69, 9.17) is 20.6 Å². The fourth-order valence-electron chi connectivity index (χ4n) is 1.99. The van der Waals surface area contributed by atoms with Crippen LogP contribution in [0.15, 0.2) is 42.5 Å². The maximum atomic E-state index is 11.0. The van der Waals surface area contributed by atoms with Gasteiger partial charge in [0.1, 0.15) is 12.4 Å². The van der Waals surface area contributed by atoms with Gasteiger partial charge in [-0.05, 0) is 35.4 Å². The lowest BCUT2D eigenvalue weighted by molar-refractivity contribution is -0.131.